The Bertz CT molecular complexity index is 581. The summed E-state index contributed by atoms with van der Waals surface area (Å²) in [5.74, 6) is 2.29. The fourth-order valence-corrected chi connectivity index (χ4v) is 2.70. The van der Waals surface area contributed by atoms with E-state index in [0.29, 0.717) is 5.92 Å². The lowest BCUT2D eigenvalue weighted by molar-refractivity contribution is 0.404. The van der Waals surface area contributed by atoms with E-state index in [1.807, 2.05) is 23.6 Å². The van der Waals surface area contributed by atoms with Crippen molar-refractivity contribution in [2.75, 3.05) is 26.1 Å². The first-order valence-electron chi connectivity index (χ1n) is 7.05. The van der Waals surface area contributed by atoms with Gasteiger partial charge in [-0.1, -0.05) is 13.8 Å². The van der Waals surface area contributed by atoms with Crippen LogP contribution in [0.1, 0.15) is 20.3 Å². The highest BCUT2D eigenvalue weighted by Gasteiger charge is 2.11. The van der Waals surface area contributed by atoms with Crippen LogP contribution in [0.3, 0.4) is 0 Å². The largest absolute Gasteiger partial charge is 0.497 e. The Hall–Kier alpha value is -1.75. The number of nitrogens with one attached hydrogen (secondary N) is 1. The number of aromatic nitrogens is 1. The van der Waals surface area contributed by atoms with E-state index in [4.69, 9.17) is 9.47 Å². The highest BCUT2D eigenvalue weighted by atomic mass is 32.1. The summed E-state index contributed by atoms with van der Waals surface area (Å²) in [6, 6.07) is 5.74. The van der Waals surface area contributed by atoms with Crippen LogP contribution < -0.4 is 14.8 Å². The molecule has 21 heavy (non-hydrogen) atoms. The number of rotatable bonds is 7. The van der Waals surface area contributed by atoms with Gasteiger partial charge < -0.3 is 14.8 Å². The highest BCUT2D eigenvalue weighted by molar-refractivity contribution is 7.14. The molecular weight excluding hydrogens is 284 g/mol. The zero-order valence-corrected chi connectivity index (χ0v) is 13.8. The van der Waals surface area contributed by atoms with E-state index in [2.05, 4.69) is 24.1 Å². The first kappa shape index (κ1) is 15.6. The molecule has 0 saturated carbocycles. The third-order valence-electron chi connectivity index (χ3n) is 3.18. The van der Waals surface area contributed by atoms with Crippen LogP contribution in [0.5, 0.6) is 11.5 Å². The summed E-state index contributed by atoms with van der Waals surface area (Å²) < 4.78 is 10.7. The molecule has 0 amide bonds. The standard InChI is InChI=1S/C16H22N2O2S/c1-11(2)7-8-17-16-18-14(10-21-16)13-9-12(19-3)5-6-15(13)20-4/h5-6,9-11H,7-8H2,1-4H3,(H,17,18). The second-order valence-corrected chi connectivity index (χ2v) is 6.07. The van der Waals surface area contributed by atoms with Crippen LogP contribution in [0.2, 0.25) is 0 Å². The molecule has 2 rings (SSSR count). The van der Waals surface area contributed by atoms with Gasteiger partial charge in [0, 0.05) is 17.5 Å². The topological polar surface area (TPSA) is 43.4 Å². The minimum absolute atomic E-state index is 0.690. The molecule has 1 heterocycles. The molecule has 4 nitrogen and oxygen atoms in total. The van der Waals surface area contributed by atoms with Crippen molar-refractivity contribution in [1.29, 1.82) is 0 Å². The molecule has 0 aliphatic carbocycles. The molecule has 1 N–H and O–H groups in total. The van der Waals surface area contributed by atoms with Gasteiger partial charge in [-0.25, -0.2) is 4.98 Å². The van der Waals surface area contributed by atoms with Crippen LogP contribution in [0.4, 0.5) is 5.13 Å². The number of nitrogens with zero attached hydrogens (tertiary/aromatic N) is 1. The van der Waals surface area contributed by atoms with Crippen molar-refractivity contribution in [1.82, 2.24) is 4.98 Å². The smallest absolute Gasteiger partial charge is 0.183 e. The Morgan fingerprint density at radius 1 is 1.24 bits per heavy atom. The van der Waals surface area contributed by atoms with Crippen molar-refractivity contribution in [3.8, 4) is 22.8 Å². The van der Waals surface area contributed by atoms with Crippen LogP contribution in [-0.2, 0) is 0 Å². The molecule has 0 unspecified atom stereocenters. The van der Waals surface area contributed by atoms with Gasteiger partial charge in [-0.3, -0.25) is 0 Å². The van der Waals surface area contributed by atoms with Gasteiger partial charge >= 0.3 is 0 Å². The lowest BCUT2D eigenvalue weighted by atomic mass is 10.1. The first-order valence-corrected chi connectivity index (χ1v) is 7.93. The maximum absolute atomic E-state index is 5.41. The van der Waals surface area contributed by atoms with E-state index < -0.39 is 0 Å². The van der Waals surface area contributed by atoms with Crippen molar-refractivity contribution >= 4 is 16.5 Å². The minimum Gasteiger partial charge on any atom is -0.497 e. The van der Waals surface area contributed by atoms with Gasteiger partial charge in [-0.15, -0.1) is 11.3 Å². The van der Waals surface area contributed by atoms with E-state index in [0.717, 1.165) is 40.9 Å². The average Bonchev–Trinajstić information content (AvgIpc) is 2.95. The molecule has 2 aromatic rings. The Labute approximate surface area is 130 Å². The predicted octanol–water partition coefficient (Wildman–Crippen LogP) is 4.29. The maximum Gasteiger partial charge on any atom is 0.183 e. The Morgan fingerprint density at radius 2 is 2.05 bits per heavy atom. The number of thiazole rings is 1. The van der Waals surface area contributed by atoms with E-state index in [-0.39, 0.29) is 0 Å². The summed E-state index contributed by atoms with van der Waals surface area (Å²) in [6.07, 6.45) is 1.14. The Morgan fingerprint density at radius 3 is 2.71 bits per heavy atom. The molecule has 0 aliphatic rings. The summed E-state index contributed by atoms with van der Waals surface area (Å²) in [5.41, 5.74) is 1.85. The summed E-state index contributed by atoms with van der Waals surface area (Å²) >= 11 is 1.61. The normalized spacial score (nSPS) is 10.7. The van der Waals surface area contributed by atoms with Crippen molar-refractivity contribution in [3.63, 3.8) is 0 Å². The van der Waals surface area contributed by atoms with Gasteiger partial charge in [-0.2, -0.15) is 0 Å². The quantitative estimate of drug-likeness (QED) is 0.829. The first-order chi connectivity index (χ1) is 10.1. The predicted molar refractivity (Wildman–Crippen MR) is 88.6 cm³/mol. The van der Waals surface area contributed by atoms with Gasteiger partial charge in [0.15, 0.2) is 5.13 Å². The molecule has 0 bridgehead atoms. The number of benzene rings is 1. The zero-order chi connectivity index (χ0) is 15.2. The van der Waals surface area contributed by atoms with Crippen LogP contribution in [-0.4, -0.2) is 25.7 Å². The number of anilines is 1. The Balaban J connectivity index is 2.16. The lowest BCUT2D eigenvalue weighted by Gasteiger charge is -2.08. The molecule has 1 aromatic heterocycles. The van der Waals surface area contributed by atoms with Gasteiger partial charge in [0.25, 0.3) is 0 Å². The number of methoxy groups -OCH3 is 2. The SMILES string of the molecule is COc1ccc(OC)c(-c2csc(NCCC(C)C)n2)c1. The second kappa shape index (κ2) is 7.31. The molecule has 5 heteroatoms. The van der Waals surface area contributed by atoms with E-state index >= 15 is 0 Å². The van der Waals surface area contributed by atoms with E-state index in [1.54, 1.807) is 25.6 Å². The summed E-state index contributed by atoms with van der Waals surface area (Å²) in [7, 11) is 3.32. The van der Waals surface area contributed by atoms with E-state index in [9.17, 15) is 0 Å². The van der Waals surface area contributed by atoms with Gasteiger partial charge in [-0.05, 0) is 30.5 Å². The highest BCUT2D eigenvalue weighted by Crippen LogP contribution is 2.34. The van der Waals surface area contributed by atoms with Crippen molar-refractivity contribution in [2.24, 2.45) is 5.92 Å². The third kappa shape index (κ3) is 4.11. The molecule has 1 aromatic carbocycles. The molecule has 114 valence electrons. The van der Waals surface area contributed by atoms with Gasteiger partial charge in [0.1, 0.15) is 11.5 Å². The van der Waals surface area contributed by atoms with Crippen molar-refractivity contribution in [3.05, 3.63) is 23.6 Å². The average molecular weight is 306 g/mol. The third-order valence-corrected chi connectivity index (χ3v) is 3.98. The van der Waals surface area contributed by atoms with Crippen LogP contribution in [0.15, 0.2) is 23.6 Å². The number of hydrogen-bond acceptors (Lipinski definition) is 5. The molecule has 0 atom stereocenters. The fourth-order valence-electron chi connectivity index (χ4n) is 1.96. The maximum atomic E-state index is 5.41. The summed E-state index contributed by atoms with van der Waals surface area (Å²) in [6.45, 7) is 5.38. The van der Waals surface area contributed by atoms with Gasteiger partial charge in [0.05, 0.1) is 19.9 Å². The number of ether oxygens (including phenoxy) is 2. The zero-order valence-electron chi connectivity index (χ0n) is 13.0. The van der Waals surface area contributed by atoms with Crippen LogP contribution in [0.25, 0.3) is 11.3 Å². The van der Waals surface area contributed by atoms with Crippen molar-refractivity contribution < 1.29 is 9.47 Å². The molecule has 0 fully saturated rings. The molecule has 0 aliphatic heterocycles. The minimum atomic E-state index is 0.690. The van der Waals surface area contributed by atoms with Crippen LogP contribution >= 0.6 is 11.3 Å². The van der Waals surface area contributed by atoms with E-state index in [1.165, 1.54) is 0 Å². The van der Waals surface area contributed by atoms with Crippen molar-refractivity contribution in [2.45, 2.75) is 20.3 Å². The van der Waals surface area contributed by atoms with Gasteiger partial charge in [0.2, 0.25) is 0 Å². The van der Waals surface area contributed by atoms with Crippen LogP contribution in [0, 0.1) is 5.92 Å². The molecule has 0 radical (unpaired) electrons. The molecule has 0 spiro atoms. The summed E-state index contributed by atoms with van der Waals surface area (Å²) in [4.78, 5) is 4.63. The molecule has 0 saturated heterocycles. The Kier molecular flexibility index (Phi) is 5.44. The number of hydrogen-bond donors (Lipinski definition) is 1. The summed E-state index contributed by atoms with van der Waals surface area (Å²) in [5, 5.41) is 6.34. The fraction of sp³-hybridized carbons (Fsp3) is 0.438. The molecular formula is C16H22N2O2S. The monoisotopic (exact) mass is 306 g/mol. The lowest BCUT2D eigenvalue weighted by Crippen LogP contribution is -2.04. The second-order valence-electron chi connectivity index (χ2n) is 5.21.